The van der Waals surface area contributed by atoms with Crippen molar-refractivity contribution >= 4 is 11.8 Å². The van der Waals surface area contributed by atoms with Crippen LogP contribution >= 0.6 is 11.8 Å². The SMILES string of the molecule is NC(c1cccc(OC(F)(F)F)c1)C1CCCS1. The highest BCUT2D eigenvalue weighted by Crippen LogP contribution is 2.35. The van der Waals surface area contributed by atoms with Crippen LogP contribution < -0.4 is 10.5 Å². The van der Waals surface area contributed by atoms with E-state index in [1.165, 1.54) is 18.2 Å². The first kappa shape index (κ1) is 13.5. The Kier molecular flexibility index (Phi) is 4.07. The molecule has 1 heterocycles. The molecular weight excluding hydrogens is 263 g/mol. The fourth-order valence-corrected chi connectivity index (χ4v) is 3.35. The lowest BCUT2D eigenvalue weighted by Crippen LogP contribution is -2.22. The molecule has 6 heteroatoms. The van der Waals surface area contributed by atoms with Gasteiger partial charge < -0.3 is 10.5 Å². The van der Waals surface area contributed by atoms with Crippen molar-refractivity contribution in [2.45, 2.75) is 30.5 Å². The van der Waals surface area contributed by atoms with E-state index in [1.54, 1.807) is 17.8 Å². The van der Waals surface area contributed by atoms with Crippen molar-refractivity contribution < 1.29 is 17.9 Å². The van der Waals surface area contributed by atoms with Gasteiger partial charge in [0.25, 0.3) is 0 Å². The minimum absolute atomic E-state index is 0.210. The zero-order valence-corrected chi connectivity index (χ0v) is 10.4. The van der Waals surface area contributed by atoms with Crippen LogP contribution in [0.1, 0.15) is 24.4 Å². The Labute approximate surface area is 108 Å². The molecule has 1 aliphatic rings. The van der Waals surface area contributed by atoms with Crippen molar-refractivity contribution in [1.82, 2.24) is 0 Å². The van der Waals surface area contributed by atoms with Gasteiger partial charge in [0, 0.05) is 11.3 Å². The molecule has 1 aliphatic heterocycles. The average molecular weight is 277 g/mol. The Bertz CT molecular complexity index is 405. The predicted octanol–water partition coefficient (Wildman–Crippen LogP) is 3.48. The molecule has 0 amide bonds. The third-order valence-electron chi connectivity index (χ3n) is 2.84. The minimum Gasteiger partial charge on any atom is -0.406 e. The van der Waals surface area contributed by atoms with Gasteiger partial charge in [-0.05, 0) is 36.3 Å². The largest absolute Gasteiger partial charge is 0.573 e. The summed E-state index contributed by atoms with van der Waals surface area (Å²) >= 11 is 1.78. The maximum Gasteiger partial charge on any atom is 0.573 e. The van der Waals surface area contributed by atoms with E-state index in [1.807, 2.05) is 0 Å². The van der Waals surface area contributed by atoms with Crippen LogP contribution in [0.3, 0.4) is 0 Å². The van der Waals surface area contributed by atoms with E-state index in [0.29, 0.717) is 5.56 Å². The Balaban J connectivity index is 2.11. The Hall–Kier alpha value is -0.880. The summed E-state index contributed by atoms with van der Waals surface area (Å²) in [4.78, 5) is 0. The zero-order valence-electron chi connectivity index (χ0n) is 9.61. The van der Waals surface area contributed by atoms with Crippen molar-refractivity contribution in [2.24, 2.45) is 5.73 Å². The fourth-order valence-electron chi connectivity index (χ4n) is 2.02. The molecule has 1 fully saturated rings. The van der Waals surface area contributed by atoms with Crippen molar-refractivity contribution in [1.29, 1.82) is 0 Å². The number of hydrogen-bond acceptors (Lipinski definition) is 3. The molecule has 2 rings (SSSR count). The molecule has 18 heavy (non-hydrogen) atoms. The number of ether oxygens (including phenoxy) is 1. The molecule has 1 aromatic rings. The number of hydrogen-bond donors (Lipinski definition) is 1. The summed E-state index contributed by atoms with van der Waals surface area (Å²) in [7, 11) is 0. The van der Waals surface area contributed by atoms with Crippen LogP contribution in [0.25, 0.3) is 0 Å². The Morgan fingerprint density at radius 3 is 2.78 bits per heavy atom. The fraction of sp³-hybridized carbons (Fsp3) is 0.500. The molecule has 0 aliphatic carbocycles. The molecule has 2 unspecified atom stereocenters. The van der Waals surface area contributed by atoms with Crippen LogP contribution in [0.2, 0.25) is 0 Å². The van der Waals surface area contributed by atoms with Gasteiger partial charge in [0.15, 0.2) is 0 Å². The minimum atomic E-state index is -4.66. The van der Waals surface area contributed by atoms with Crippen LogP contribution in [0, 0.1) is 0 Å². The summed E-state index contributed by atoms with van der Waals surface area (Å²) in [5.41, 5.74) is 6.77. The number of thioether (sulfide) groups is 1. The number of nitrogens with two attached hydrogens (primary N) is 1. The van der Waals surface area contributed by atoms with Crippen molar-refractivity contribution in [2.75, 3.05) is 5.75 Å². The van der Waals surface area contributed by atoms with Crippen LogP contribution in [-0.4, -0.2) is 17.4 Å². The van der Waals surface area contributed by atoms with Gasteiger partial charge in [-0.3, -0.25) is 0 Å². The maximum atomic E-state index is 12.1. The number of rotatable bonds is 3. The molecule has 0 aromatic heterocycles. The molecule has 2 atom stereocenters. The van der Waals surface area contributed by atoms with E-state index in [9.17, 15) is 13.2 Å². The molecule has 2 nitrogen and oxygen atoms in total. The highest BCUT2D eigenvalue weighted by molar-refractivity contribution is 8.00. The second-order valence-corrected chi connectivity index (χ2v) is 5.54. The Morgan fingerprint density at radius 1 is 1.39 bits per heavy atom. The molecule has 1 aromatic carbocycles. The van der Waals surface area contributed by atoms with E-state index in [-0.39, 0.29) is 17.0 Å². The molecule has 0 saturated carbocycles. The second-order valence-electron chi connectivity index (χ2n) is 4.20. The number of alkyl halides is 3. The van der Waals surface area contributed by atoms with Crippen molar-refractivity contribution in [3.05, 3.63) is 29.8 Å². The van der Waals surface area contributed by atoms with E-state index in [2.05, 4.69) is 4.74 Å². The van der Waals surface area contributed by atoms with Crippen LogP contribution in [0.5, 0.6) is 5.75 Å². The highest BCUT2D eigenvalue weighted by Gasteiger charge is 2.31. The Morgan fingerprint density at radius 2 is 2.17 bits per heavy atom. The smallest absolute Gasteiger partial charge is 0.406 e. The van der Waals surface area contributed by atoms with Gasteiger partial charge >= 0.3 is 6.36 Å². The number of benzene rings is 1. The van der Waals surface area contributed by atoms with Gasteiger partial charge in [0.2, 0.25) is 0 Å². The summed E-state index contributed by atoms with van der Waals surface area (Å²) in [6, 6.07) is 5.69. The summed E-state index contributed by atoms with van der Waals surface area (Å²) in [6.07, 6.45) is -2.54. The first-order valence-corrected chi connectivity index (χ1v) is 6.73. The molecule has 0 bridgehead atoms. The predicted molar refractivity (Wildman–Crippen MR) is 65.5 cm³/mol. The van der Waals surface area contributed by atoms with Crippen LogP contribution in [0.15, 0.2) is 24.3 Å². The normalized spacial score (nSPS) is 21.9. The highest BCUT2D eigenvalue weighted by atomic mass is 32.2. The van der Waals surface area contributed by atoms with Crippen LogP contribution in [0.4, 0.5) is 13.2 Å². The average Bonchev–Trinajstić information content (AvgIpc) is 2.79. The van der Waals surface area contributed by atoms with Gasteiger partial charge in [-0.1, -0.05) is 12.1 Å². The molecule has 0 radical (unpaired) electrons. The van der Waals surface area contributed by atoms with Gasteiger partial charge in [0.1, 0.15) is 5.75 Å². The summed E-state index contributed by atoms with van der Waals surface area (Å²) in [5, 5.41) is 0.283. The standard InChI is InChI=1S/C12H14F3NOS/c13-12(14,15)17-9-4-1-3-8(7-9)11(16)10-5-2-6-18-10/h1,3-4,7,10-11H,2,5-6,16H2. The number of halogens is 3. The van der Waals surface area contributed by atoms with E-state index in [0.717, 1.165) is 18.6 Å². The molecule has 1 saturated heterocycles. The molecule has 0 spiro atoms. The topological polar surface area (TPSA) is 35.2 Å². The monoisotopic (exact) mass is 277 g/mol. The molecule has 2 N–H and O–H groups in total. The maximum absolute atomic E-state index is 12.1. The molecule has 100 valence electrons. The lowest BCUT2D eigenvalue weighted by Gasteiger charge is -2.19. The lowest BCUT2D eigenvalue weighted by molar-refractivity contribution is -0.274. The summed E-state index contributed by atoms with van der Waals surface area (Å²) < 4.78 is 40.2. The summed E-state index contributed by atoms with van der Waals surface area (Å²) in [5.74, 6) is 0.857. The first-order chi connectivity index (χ1) is 8.46. The van der Waals surface area contributed by atoms with Crippen molar-refractivity contribution in [3.63, 3.8) is 0 Å². The first-order valence-electron chi connectivity index (χ1n) is 5.68. The lowest BCUT2D eigenvalue weighted by atomic mass is 10.0. The van der Waals surface area contributed by atoms with Crippen molar-refractivity contribution in [3.8, 4) is 5.75 Å². The van der Waals surface area contributed by atoms with Gasteiger partial charge in [-0.25, -0.2) is 0 Å². The zero-order chi connectivity index (χ0) is 13.2. The quantitative estimate of drug-likeness (QED) is 0.918. The summed E-state index contributed by atoms with van der Waals surface area (Å²) in [6.45, 7) is 0. The van der Waals surface area contributed by atoms with E-state index >= 15 is 0 Å². The van der Waals surface area contributed by atoms with E-state index in [4.69, 9.17) is 5.73 Å². The van der Waals surface area contributed by atoms with Crippen LogP contribution in [-0.2, 0) is 0 Å². The molecular formula is C12H14F3NOS. The van der Waals surface area contributed by atoms with Gasteiger partial charge in [-0.2, -0.15) is 11.8 Å². The van der Waals surface area contributed by atoms with Gasteiger partial charge in [0.05, 0.1) is 0 Å². The third kappa shape index (κ3) is 3.55. The third-order valence-corrected chi connectivity index (χ3v) is 4.32. The second kappa shape index (κ2) is 5.40. The van der Waals surface area contributed by atoms with Gasteiger partial charge in [-0.15, -0.1) is 13.2 Å². The van der Waals surface area contributed by atoms with E-state index < -0.39 is 6.36 Å².